The minimum absolute atomic E-state index is 0.134. The van der Waals surface area contributed by atoms with Crippen LogP contribution in [0.2, 0.25) is 0 Å². The fraction of sp³-hybridized carbons (Fsp3) is 0.333. The predicted octanol–water partition coefficient (Wildman–Crippen LogP) is 2.58. The second kappa shape index (κ2) is 6.30. The van der Waals surface area contributed by atoms with Crippen LogP contribution in [0.5, 0.6) is 11.5 Å². The number of carboxylic acids is 1. The van der Waals surface area contributed by atoms with Crippen LogP contribution in [0.1, 0.15) is 24.2 Å². The van der Waals surface area contributed by atoms with Gasteiger partial charge >= 0.3 is 5.97 Å². The summed E-state index contributed by atoms with van der Waals surface area (Å²) in [5.74, 6) is -0.0580. The molecule has 0 saturated heterocycles. The first-order chi connectivity index (χ1) is 10.1. The molecule has 0 bridgehead atoms. The van der Waals surface area contributed by atoms with Gasteiger partial charge in [0.1, 0.15) is 11.5 Å². The molecule has 0 saturated carbocycles. The SMILES string of the molecule is CCOc1cc(C(=O)O)cc(OCC)c1-c1cnn(C)c1. The highest BCUT2D eigenvalue weighted by Crippen LogP contribution is 2.39. The van der Waals surface area contributed by atoms with Gasteiger partial charge in [0.05, 0.1) is 30.5 Å². The number of carboxylic acid groups (broad SMARTS) is 1. The molecule has 0 aliphatic heterocycles. The molecule has 1 heterocycles. The molecule has 0 radical (unpaired) electrons. The molecule has 0 atom stereocenters. The van der Waals surface area contributed by atoms with E-state index in [4.69, 9.17) is 9.47 Å². The summed E-state index contributed by atoms with van der Waals surface area (Å²) in [5.41, 5.74) is 1.67. The van der Waals surface area contributed by atoms with E-state index >= 15 is 0 Å². The van der Waals surface area contributed by atoms with Crippen molar-refractivity contribution in [2.75, 3.05) is 13.2 Å². The van der Waals surface area contributed by atoms with Gasteiger partial charge in [0.25, 0.3) is 0 Å². The van der Waals surface area contributed by atoms with E-state index in [1.807, 2.05) is 27.1 Å². The molecule has 6 heteroatoms. The molecule has 0 amide bonds. The smallest absolute Gasteiger partial charge is 0.335 e. The van der Waals surface area contributed by atoms with E-state index in [0.717, 1.165) is 11.1 Å². The predicted molar refractivity (Wildman–Crippen MR) is 77.9 cm³/mol. The summed E-state index contributed by atoms with van der Waals surface area (Å²) in [6, 6.07) is 3.02. The van der Waals surface area contributed by atoms with Crippen molar-refractivity contribution in [3.05, 3.63) is 30.1 Å². The Morgan fingerprint density at radius 3 is 2.19 bits per heavy atom. The van der Waals surface area contributed by atoms with Crippen molar-refractivity contribution in [2.45, 2.75) is 13.8 Å². The molecular formula is C15H18N2O4. The van der Waals surface area contributed by atoms with Crippen molar-refractivity contribution >= 4 is 5.97 Å². The van der Waals surface area contributed by atoms with Gasteiger partial charge in [-0.25, -0.2) is 4.79 Å². The van der Waals surface area contributed by atoms with Gasteiger partial charge in [0.15, 0.2) is 0 Å². The molecule has 0 aliphatic carbocycles. The molecule has 21 heavy (non-hydrogen) atoms. The number of hydrogen-bond donors (Lipinski definition) is 1. The lowest BCUT2D eigenvalue weighted by Crippen LogP contribution is -2.04. The van der Waals surface area contributed by atoms with E-state index in [-0.39, 0.29) is 5.56 Å². The average molecular weight is 290 g/mol. The second-order valence-corrected chi connectivity index (χ2v) is 4.42. The topological polar surface area (TPSA) is 73.6 Å². The number of aryl methyl sites for hydroxylation is 1. The molecule has 0 unspecified atom stereocenters. The minimum atomic E-state index is -1.02. The summed E-state index contributed by atoms with van der Waals surface area (Å²) < 4.78 is 12.9. The van der Waals surface area contributed by atoms with Gasteiger partial charge in [-0.2, -0.15) is 5.10 Å². The molecule has 6 nitrogen and oxygen atoms in total. The Balaban J connectivity index is 2.65. The molecule has 2 aromatic rings. The van der Waals surface area contributed by atoms with Crippen LogP contribution in [0.4, 0.5) is 0 Å². The Labute approximate surface area is 122 Å². The van der Waals surface area contributed by atoms with Crippen molar-refractivity contribution in [3.63, 3.8) is 0 Å². The zero-order valence-corrected chi connectivity index (χ0v) is 12.3. The van der Waals surface area contributed by atoms with Crippen LogP contribution in [-0.4, -0.2) is 34.1 Å². The summed E-state index contributed by atoms with van der Waals surface area (Å²) in [7, 11) is 1.82. The van der Waals surface area contributed by atoms with Crippen LogP contribution in [0.15, 0.2) is 24.5 Å². The van der Waals surface area contributed by atoms with E-state index in [2.05, 4.69) is 5.10 Å². The van der Waals surface area contributed by atoms with Gasteiger partial charge in [-0.1, -0.05) is 0 Å². The van der Waals surface area contributed by atoms with Crippen molar-refractivity contribution in [1.29, 1.82) is 0 Å². The van der Waals surface area contributed by atoms with Crippen molar-refractivity contribution < 1.29 is 19.4 Å². The first-order valence-corrected chi connectivity index (χ1v) is 6.72. The molecule has 1 N–H and O–H groups in total. The maximum atomic E-state index is 11.2. The molecule has 1 aromatic heterocycles. The van der Waals surface area contributed by atoms with Gasteiger partial charge in [0.2, 0.25) is 0 Å². The highest BCUT2D eigenvalue weighted by Gasteiger charge is 2.19. The highest BCUT2D eigenvalue weighted by molar-refractivity contribution is 5.91. The minimum Gasteiger partial charge on any atom is -0.493 e. The number of aromatic carboxylic acids is 1. The van der Waals surface area contributed by atoms with E-state index < -0.39 is 5.97 Å². The van der Waals surface area contributed by atoms with E-state index in [1.165, 1.54) is 12.1 Å². The summed E-state index contributed by atoms with van der Waals surface area (Å²) in [6.07, 6.45) is 3.53. The first kappa shape index (κ1) is 14.9. The van der Waals surface area contributed by atoms with Crippen LogP contribution in [-0.2, 0) is 7.05 Å². The number of aromatic nitrogens is 2. The van der Waals surface area contributed by atoms with E-state index in [9.17, 15) is 9.90 Å². The van der Waals surface area contributed by atoms with E-state index in [1.54, 1.807) is 10.9 Å². The third-order valence-corrected chi connectivity index (χ3v) is 2.91. The Morgan fingerprint density at radius 2 is 1.81 bits per heavy atom. The van der Waals surface area contributed by atoms with Crippen LogP contribution < -0.4 is 9.47 Å². The summed E-state index contributed by atoms with van der Waals surface area (Å²) in [4.78, 5) is 11.2. The van der Waals surface area contributed by atoms with Crippen molar-refractivity contribution in [3.8, 4) is 22.6 Å². The second-order valence-electron chi connectivity index (χ2n) is 4.42. The lowest BCUT2D eigenvalue weighted by atomic mass is 10.0. The van der Waals surface area contributed by atoms with Gasteiger partial charge in [-0.15, -0.1) is 0 Å². The zero-order valence-electron chi connectivity index (χ0n) is 12.3. The average Bonchev–Trinajstić information content (AvgIpc) is 2.85. The van der Waals surface area contributed by atoms with Crippen LogP contribution >= 0.6 is 0 Å². The lowest BCUT2D eigenvalue weighted by molar-refractivity contribution is 0.0696. The Hall–Kier alpha value is -2.50. The van der Waals surface area contributed by atoms with Crippen LogP contribution in [0, 0.1) is 0 Å². The third-order valence-electron chi connectivity index (χ3n) is 2.91. The van der Waals surface area contributed by atoms with Crippen molar-refractivity contribution in [1.82, 2.24) is 9.78 Å². The maximum absolute atomic E-state index is 11.2. The number of ether oxygens (including phenoxy) is 2. The summed E-state index contributed by atoms with van der Waals surface area (Å²) >= 11 is 0. The Morgan fingerprint density at radius 1 is 1.24 bits per heavy atom. The van der Waals surface area contributed by atoms with Gasteiger partial charge in [0, 0.05) is 18.8 Å². The van der Waals surface area contributed by atoms with Crippen LogP contribution in [0.3, 0.4) is 0 Å². The quantitative estimate of drug-likeness (QED) is 0.885. The van der Waals surface area contributed by atoms with Gasteiger partial charge in [-0.3, -0.25) is 4.68 Å². The zero-order chi connectivity index (χ0) is 15.4. The Kier molecular flexibility index (Phi) is 4.47. The summed E-state index contributed by atoms with van der Waals surface area (Å²) in [6.45, 7) is 4.56. The molecule has 112 valence electrons. The van der Waals surface area contributed by atoms with Gasteiger partial charge in [-0.05, 0) is 26.0 Å². The summed E-state index contributed by atoms with van der Waals surface area (Å²) in [5, 5.41) is 13.4. The number of benzene rings is 1. The van der Waals surface area contributed by atoms with Crippen molar-refractivity contribution in [2.24, 2.45) is 7.05 Å². The normalized spacial score (nSPS) is 10.4. The number of carbonyl (C=O) groups is 1. The number of hydrogen-bond acceptors (Lipinski definition) is 4. The van der Waals surface area contributed by atoms with Crippen LogP contribution in [0.25, 0.3) is 11.1 Å². The largest absolute Gasteiger partial charge is 0.493 e. The standard InChI is InChI=1S/C15H18N2O4/c1-4-20-12-6-10(15(18)19)7-13(21-5-2)14(12)11-8-16-17(3)9-11/h6-9H,4-5H2,1-3H3,(H,18,19). The Bertz CT molecular complexity index is 622. The highest BCUT2D eigenvalue weighted by atomic mass is 16.5. The first-order valence-electron chi connectivity index (χ1n) is 6.72. The van der Waals surface area contributed by atoms with E-state index in [0.29, 0.717) is 24.7 Å². The monoisotopic (exact) mass is 290 g/mol. The van der Waals surface area contributed by atoms with Gasteiger partial charge < -0.3 is 14.6 Å². The molecule has 0 aliphatic rings. The molecule has 1 aromatic carbocycles. The molecular weight excluding hydrogens is 272 g/mol. The lowest BCUT2D eigenvalue weighted by Gasteiger charge is -2.15. The molecule has 0 spiro atoms. The molecule has 0 fully saturated rings. The third kappa shape index (κ3) is 3.16. The number of nitrogens with zero attached hydrogens (tertiary/aromatic N) is 2. The molecule has 2 rings (SSSR count). The fourth-order valence-electron chi connectivity index (χ4n) is 2.09. The fourth-order valence-corrected chi connectivity index (χ4v) is 2.09. The number of rotatable bonds is 6. The maximum Gasteiger partial charge on any atom is 0.335 e.